The summed E-state index contributed by atoms with van der Waals surface area (Å²) in [6.07, 6.45) is 4.56. The lowest BCUT2D eigenvalue weighted by molar-refractivity contribution is -0.120. The van der Waals surface area contributed by atoms with Crippen LogP contribution in [-0.2, 0) is 17.6 Å². The van der Waals surface area contributed by atoms with Crippen molar-refractivity contribution in [2.45, 2.75) is 12.8 Å². The van der Waals surface area contributed by atoms with Crippen molar-refractivity contribution in [3.05, 3.63) is 81.8 Å². The summed E-state index contributed by atoms with van der Waals surface area (Å²) in [7, 11) is 0. The molecule has 4 rings (SSSR count). The van der Waals surface area contributed by atoms with Crippen molar-refractivity contribution in [1.82, 2.24) is 20.1 Å². The second kappa shape index (κ2) is 9.47. The summed E-state index contributed by atoms with van der Waals surface area (Å²) >= 11 is 2.68. The molecule has 0 saturated heterocycles. The van der Waals surface area contributed by atoms with Crippen molar-refractivity contribution < 1.29 is 9.59 Å². The van der Waals surface area contributed by atoms with E-state index >= 15 is 0 Å². The van der Waals surface area contributed by atoms with Crippen molar-refractivity contribution in [2.75, 3.05) is 11.9 Å². The molecule has 3 aromatic heterocycles. The Hall–Kier alpha value is -3.30. The lowest BCUT2D eigenvalue weighted by atomic mass is 10.1. The fraction of sp³-hybridized carbons (Fsp3) is 0.143. The maximum absolute atomic E-state index is 12.2. The Kier molecular flexibility index (Phi) is 6.31. The van der Waals surface area contributed by atoms with E-state index in [-0.39, 0.29) is 18.2 Å². The van der Waals surface area contributed by atoms with Gasteiger partial charge < -0.3 is 5.32 Å². The zero-order valence-corrected chi connectivity index (χ0v) is 17.6. The van der Waals surface area contributed by atoms with Crippen LogP contribution in [-0.4, -0.2) is 33.1 Å². The van der Waals surface area contributed by atoms with Crippen molar-refractivity contribution in [3.63, 3.8) is 0 Å². The van der Waals surface area contributed by atoms with Crippen LogP contribution in [0.15, 0.2) is 65.6 Å². The number of hydrogen-bond donors (Lipinski definition) is 2. The number of thiophene rings is 1. The van der Waals surface area contributed by atoms with E-state index in [1.54, 1.807) is 22.3 Å². The van der Waals surface area contributed by atoms with Crippen LogP contribution in [0.2, 0.25) is 0 Å². The quantitative estimate of drug-likeness (QED) is 0.441. The van der Waals surface area contributed by atoms with E-state index in [2.05, 4.69) is 20.7 Å². The summed E-state index contributed by atoms with van der Waals surface area (Å²) < 4.78 is 1.80. The Morgan fingerprint density at radius 2 is 1.93 bits per heavy atom. The largest absolute Gasteiger partial charge is 0.355 e. The molecule has 30 heavy (non-hydrogen) atoms. The Morgan fingerprint density at radius 3 is 2.67 bits per heavy atom. The zero-order chi connectivity index (χ0) is 20.8. The van der Waals surface area contributed by atoms with Gasteiger partial charge in [-0.1, -0.05) is 18.2 Å². The van der Waals surface area contributed by atoms with Gasteiger partial charge in [-0.25, -0.2) is 9.67 Å². The van der Waals surface area contributed by atoms with Gasteiger partial charge in [0.25, 0.3) is 5.91 Å². The van der Waals surface area contributed by atoms with Crippen LogP contribution in [0, 0.1) is 0 Å². The molecule has 2 N–H and O–H groups in total. The summed E-state index contributed by atoms with van der Waals surface area (Å²) in [6.45, 7) is 0.548. The first kappa shape index (κ1) is 20.0. The molecule has 0 aliphatic rings. The summed E-state index contributed by atoms with van der Waals surface area (Å²) in [5.41, 5.74) is 2.78. The number of rotatable bonds is 8. The SMILES string of the molecule is O=C(Cc1csc(NC(=O)c2cccs2)n1)NCCc1ccc(-n2cccn2)cc1. The van der Waals surface area contributed by atoms with Crippen LogP contribution < -0.4 is 10.6 Å². The highest BCUT2D eigenvalue weighted by atomic mass is 32.1. The third kappa shape index (κ3) is 5.19. The second-order valence-corrected chi connectivity index (χ2v) is 8.28. The van der Waals surface area contributed by atoms with Gasteiger partial charge in [-0.3, -0.25) is 14.9 Å². The Balaban J connectivity index is 1.21. The maximum atomic E-state index is 12.2. The molecule has 0 atom stereocenters. The van der Waals surface area contributed by atoms with Crippen molar-refractivity contribution in [3.8, 4) is 5.69 Å². The number of carbonyl (C=O) groups excluding carboxylic acids is 2. The highest BCUT2D eigenvalue weighted by Gasteiger charge is 2.11. The molecule has 0 spiro atoms. The minimum atomic E-state index is -0.186. The molecule has 0 unspecified atom stereocenters. The molecule has 0 fully saturated rings. The third-order valence-corrected chi connectivity index (χ3v) is 5.98. The van der Waals surface area contributed by atoms with Gasteiger partial charge in [0.2, 0.25) is 5.91 Å². The van der Waals surface area contributed by atoms with Gasteiger partial charge in [-0.2, -0.15) is 5.10 Å². The Morgan fingerprint density at radius 1 is 1.07 bits per heavy atom. The number of nitrogens with one attached hydrogen (secondary N) is 2. The van der Waals surface area contributed by atoms with Crippen LogP contribution in [0.25, 0.3) is 5.69 Å². The number of anilines is 1. The molecule has 4 aromatic rings. The molecule has 152 valence electrons. The van der Waals surface area contributed by atoms with Crippen molar-refractivity contribution >= 4 is 39.6 Å². The van der Waals surface area contributed by atoms with Crippen LogP contribution in [0.4, 0.5) is 5.13 Å². The summed E-state index contributed by atoms with van der Waals surface area (Å²) in [5.74, 6) is -0.279. The first-order valence-corrected chi connectivity index (χ1v) is 11.1. The highest BCUT2D eigenvalue weighted by molar-refractivity contribution is 7.14. The van der Waals surface area contributed by atoms with Gasteiger partial charge in [-0.15, -0.1) is 22.7 Å². The topological polar surface area (TPSA) is 88.9 Å². The van der Waals surface area contributed by atoms with E-state index in [9.17, 15) is 9.59 Å². The van der Waals surface area contributed by atoms with Crippen LogP contribution in [0.3, 0.4) is 0 Å². The molecule has 0 radical (unpaired) electrons. The Labute approximate surface area is 181 Å². The maximum Gasteiger partial charge on any atom is 0.267 e. The van der Waals surface area contributed by atoms with Crippen LogP contribution in [0.5, 0.6) is 0 Å². The summed E-state index contributed by atoms with van der Waals surface area (Å²) in [5, 5.41) is 14.0. The van der Waals surface area contributed by atoms with Crippen LogP contribution >= 0.6 is 22.7 Å². The van der Waals surface area contributed by atoms with Crippen molar-refractivity contribution in [1.29, 1.82) is 0 Å². The molecule has 7 nitrogen and oxygen atoms in total. The fourth-order valence-electron chi connectivity index (χ4n) is 2.82. The second-order valence-electron chi connectivity index (χ2n) is 6.47. The van der Waals surface area contributed by atoms with Gasteiger partial charge in [0.1, 0.15) is 0 Å². The van der Waals surface area contributed by atoms with Gasteiger partial charge in [0.15, 0.2) is 5.13 Å². The van der Waals surface area contributed by atoms with Crippen molar-refractivity contribution in [2.24, 2.45) is 0 Å². The third-order valence-electron chi connectivity index (χ3n) is 4.30. The van der Waals surface area contributed by atoms with E-state index in [4.69, 9.17) is 0 Å². The van der Waals surface area contributed by atoms with E-state index in [0.29, 0.717) is 22.2 Å². The normalized spacial score (nSPS) is 10.7. The van der Waals surface area contributed by atoms with E-state index in [1.807, 2.05) is 48.0 Å². The average molecular weight is 438 g/mol. The average Bonchev–Trinajstić information content (AvgIpc) is 3.52. The molecule has 0 aliphatic heterocycles. The predicted molar refractivity (Wildman–Crippen MR) is 118 cm³/mol. The van der Waals surface area contributed by atoms with E-state index < -0.39 is 0 Å². The first-order valence-electron chi connectivity index (χ1n) is 9.32. The van der Waals surface area contributed by atoms with Gasteiger partial charge in [0.05, 0.1) is 22.7 Å². The minimum absolute atomic E-state index is 0.0930. The fourth-order valence-corrected chi connectivity index (χ4v) is 4.15. The molecule has 0 aliphatic carbocycles. The molecular weight excluding hydrogens is 418 g/mol. The lowest BCUT2D eigenvalue weighted by Crippen LogP contribution is -2.27. The first-order chi connectivity index (χ1) is 14.7. The number of carbonyl (C=O) groups is 2. The summed E-state index contributed by atoms with van der Waals surface area (Å²) in [4.78, 5) is 29.2. The highest BCUT2D eigenvalue weighted by Crippen LogP contribution is 2.18. The molecular formula is C21H19N5O2S2. The summed E-state index contributed by atoms with van der Waals surface area (Å²) in [6, 6.07) is 13.5. The number of aromatic nitrogens is 3. The van der Waals surface area contributed by atoms with E-state index in [0.717, 1.165) is 17.7 Å². The molecule has 0 saturated carbocycles. The number of nitrogens with zero attached hydrogens (tertiary/aromatic N) is 3. The van der Waals surface area contributed by atoms with Crippen LogP contribution in [0.1, 0.15) is 20.9 Å². The zero-order valence-electron chi connectivity index (χ0n) is 15.9. The minimum Gasteiger partial charge on any atom is -0.355 e. The number of thiazole rings is 1. The van der Waals surface area contributed by atoms with Gasteiger partial charge in [-0.05, 0) is 41.6 Å². The van der Waals surface area contributed by atoms with Gasteiger partial charge in [0, 0.05) is 24.3 Å². The Bertz CT molecular complexity index is 1100. The molecule has 9 heteroatoms. The number of benzene rings is 1. The molecule has 2 amide bonds. The lowest BCUT2D eigenvalue weighted by Gasteiger charge is -2.06. The predicted octanol–water partition coefficient (Wildman–Crippen LogP) is 3.54. The van der Waals surface area contributed by atoms with Gasteiger partial charge >= 0.3 is 0 Å². The monoisotopic (exact) mass is 437 g/mol. The number of amides is 2. The standard InChI is InChI=1S/C21H19N5O2S2/c27-19(13-16-14-30-21(24-16)25-20(28)18-3-1-12-29-18)22-10-8-15-4-6-17(7-5-15)26-11-2-9-23-26/h1-7,9,11-12,14H,8,10,13H2,(H,22,27)(H,24,25,28). The molecule has 0 bridgehead atoms. The molecule has 3 heterocycles. The number of hydrogen-bond acceptors (Lipinski definition) is 6. The van der Waals surface area contributed by atoms with E-state index in [1.165, 1.54) is 22.7 Å². The molecule has 1 aromatic carbocycles. The smallest absolute Gasteiger partial charge is 0.267 e.